The number of likely N-dealkylation sites (tertiary alicyclic amines) is 1. The third kappa shape index (κ3) is 4.49. The fourth-order valence-electron chi connectivity index (χ4n) is 3.88. The molecule has 9 heteroatoms. The van der Waals surface area contributed by atoms with Crippen molar-refractivity contribution < 1.29 is 13.9 Å². The van der Waals surface area contributed by atoms with Gasteiger partial charge in [0.25, 0.3) is 5.91 Å². The SMILES string of the molecule is COc1ccc(Cn2c(C3CCN(C(=O)c4ccc(F)cc4Cl)CC3)n[nH]c2=O)cc1. The molecule has 1 N–H and O–H groups in total. The zero-order valence-corrected chi connectivity index (χ0v) is 17.7. The van der Waals surface area contributed by atoms with E-state index in [-0.39, 0.29) is 28.1 Å². The molecular formula is C22H22ClFN4O3. The van der Waals surface area contributed by atoms with Crippen molar-refractivity contribution in [2.75, 3.05) is 20.2 Å². The summed E-state index contributed by atoms with van der Waals surface area (Å²) >= 11 is 6.04. The van der Waals surface area contributed by atoms with Crippen molar-refractivity contribution in [3.8, 4) is 5.75 Å². The van der Waals surface area contributed by atoms with Crippen molar-refractivity contribution in [2.45, 2.75) is 25.3 Å². The molecule has 0 radical (unpaired) electrons. The van der Waals surface area contributed by atoms with E-state index >= 15 is 0 Å². The quantitative estimate of drug-likeness (QED) is 0.653. The van der Waals surface area contributed by atoms with E-state index in [0.29, 0.717) is 38.3 Å². The van der Waals surface area contributed by atoms with E-state index in [4.69, 9.17) is 16.3 Å². The topological polar surface area (TPSA) is 80.2 Å². The molecule has 3 aromatic rings. The number of carbonyl (C=O) groups excluding carboxylic acids is 1. The first kappa shape index (κ1) is 21.1. The molecule has 1 aliphatic rings. The first-order chi connectivity index (χ1) is 15.0. The second kappa shape index (κ2) is 8.93. The van der Waals surface area contributed by atoms with Gasteiger partial charge in [0.2, 0.25) is 0 Å². The number of hydrogen-bond acceptors (Lipinski definition) is 4. The van der Waals surface area contributed by atoms with E-state index in [2.05, 4.69) is 10.2 Å². The molecule has 0 unspecified atom stereocenters. The molecule has 0 saturated carbocycles. The molecule has 4 rings (SSSR count). The molecule has 1 saturated heterocycles. The Bertz CT molecular complexity index is 1130. The summed E-state index contributed by atoms with van der Waals surface area (Å²) in [4.78, 5) is 26.8. The molecular weight excluding hydrogens is 423 g/mol. The van der Waals surface area contributed by atoms with Gasteiger partial charge in [-0.05, 0) is 48.7 Å². The zero-order chi connectivity index (χ0) is 22.0. The van der Waals surface area contributed by atoms with E-state index in [1.165, 1.54) is 12.1 Å². The van der Waals surface area contributed by atoms with E-state index in [1.807, 2.05) is 24.3 Å². The Hall–Kier alpha value is -3.13. The minimum absolute atomic E-state index is 0.0462. The number of methoxy groups -OCH3 is 1. The number of halogens is 2. The van der Waals surface area contributed by atoms with Crippen molar-refractivity contribution >= 4 is 17.5 Å². The molecule has 31 heavy (non-hydrogen) atoms. The molecule has 0 aliphatic carbocycles. The van der Waals surface area contributed by atoms with Gasteiger partial charge in [-0.2, -0.15) is 5.10 Å². The van der Waals surface area contributed by atoms with Crippen molar-refractivity contribution in [1.82, 2.24) is 19.7 Å². The molecule has 0 spiro atoms. The molecule has 1 aliphatic heterocycles. The zero-order valence-electron chi connectivity index (χ0n) is 17.0. The number of rotatable bonds is 5. The summed E-state index contributed by atoms with van der Waals surface area (Å²) in [7, 11) is 1.61. The summed E-state index contributed by atoms with van der Waals surface area (Å²) in [6.45, 7) is 1.40. The number of nitrogens with one attached hydrogen (secondary N) is 1. The van der Waals surface area contributed by atoms with Crippen molar-refractivity contribution in [1.29, 1.82) is 0 Å². The highest BCUT2D eigenvalue weighted by Crippen LogP contribution is 2.28. The van der Waals surface area contributed by atoms with E-state index < -0.39 is 5.82 Å². The number of aromatic amines is 1. The van der Waals surface area contributed by atoms with Gasteiger partial charge >= 0.3 is 5.69 Å². The van der Waals surface area contributed by atoms with Gasteiger partial charge in [0, 0.05) is 19.0 Å². The minimum atomic E-state index is -0.478. The molecule has 162 valence electrons. The smallest absolute Gasteiger partial charge is 0.343 e. The van der Waals surface area contributed by atoms with Gasteiger partial charge in [0.15, 0.2) is 0 Å². The fourth-order valence-corrected chi connectivity index (χ4v) is 4.13. The molecule has 2 heterocycles. The Kier molecular flexibility index (Phi) is 6.08. The number of nitrogens with zero attached hydrogens (tertiary/aromatic N) is 3. The summed E-state index contributed by atoms with van der Waals surface area (Å²) in [5.74, 6) is 0.786. The summed E-state index contributed by atoms with van der Waals surface area (Å²) in [6, 6.07) is 11.3. The number of hydrogen-bond donors (Lipinski definition) is 1. The first-order valence-electron chi connectivity index (χ1n) is 9.98. The van der Waals surface area contributed by atoms with Crippen molar-refractivity contribution in [3.05, 3.63) is 80.7 Å². The molecule has 0 atom stereocenters. The average molecular weight is 445 g/mol. The van der Waals surface area contributed by atoms with Gasteiger partial charge in [-0.15, -0.1) is 0 Å². The lowest BCUT2D eigenvalue weighted by molar-refractivity contribution is 0.0710. The predicted octanol–water partition coefficient (Wildman–Crippen LogP) is 3.44. The summed E-state index contributed by atoms with van der Waals surface area (Å²) in [6.07, 6.45) is 1.33. The average Bonchev–Trinajstić information content (AvgIpc) is 3.14. The van der Waals surface area contributed by atoms with Crippen LogP contribution in [0, 0.1) is 5.82 Å². The monoisotopic (exact) mass is 444 g/mol. The van der Waals surface area contributed by atoms with E-state index in [9.17, 15) is 14.0 Å². The third-order valence-electron chi connectivity index (χ3n) is 5.60. The van der Waals surface area contributed by atoms with Gasteiger partial charge in [0.1, 0.15) is 17.4 Å². The number of piperidine rings is 1. The maximum Gasteiger partial charge on any atom is 0.343 e. The number of benzene rings is 2. The number of amides is 1. The highest BCUT2D eigenvalue weighted by molar-refractivity contribution is 6.33. The Balaban J connectivity index is 1.45. The normalized spacial score (nSPS) is 14.6. The Labute approximate surface area is 183 Å². The lowest BCUT2D eigenvalue weighted by atomic mass is 9.95. The lowest BCUT2D eigenvalue weighted by Crippen LogP contribution is -2.38. The van der Waals surface area contributed by atoms with Crippen LogP contribution in [0.2, 0.25) is 5.02 Å². The van der Waals surface area contributed by atoms with Crippen LogP contribution in [0.4, 0.5) is 4.39 Å². The number of ether oxygens (including phenoxy) is 1. The summed E-state index contributed by atoms with van der Waals surface area (Å²) in [5.41, 5.74) is 0.990. The second-order valence-corrected chi connectivity index (χ2v) is 7.92. The number of H-pyrrole nitrogens is 1. The van der Waals surface area contributed by atoms with Gasteiger partial charge < -0.3 is 9.64 Å². The van der Waals surface area contributed by atoms with Crippen LogP contribution in [0.15, 0.2) is 47.3 Å². The van der Waals surface area contributed by atoms with Gasteiger partial charge in [0.05, 0.1) is 24.2 Å². The Morgan fingerprint density at radius 3 is 2.58 bits per heavy atom. The standard InChI is InChI=1S/C22H22ClFN4O3/c1-31-17-5-2-14(3-6-17)13-28-20(25-26-22(28)30)15-8-10-27(11-9-15)21(29)18-7-4-16(24)12-19(18)23/h2-7,12,15H,8-11,13H2,1H3,(H,26,30). The molecule has 1 amide bonds. The highest BCUT2D eigenvalue weighted by Gasteiger charge is 2.29. The molecule has 2 aromatic carbocycles. The maximum atomic E-state index is 13.3. The number of carbonyl (C=O) groups is 1. The Morgan fingerprint density at radius 1 is 1.23 bits per heavy atom. The van der Waals surface area contributed by atoms with Gasteiger partial charge in [-0.25, -0.2) is 14.3 Å². The van der Waals surface area contributed by atoms with Crippen LogP contribution < -0.4 is 10.4 Å². The summed E-state index contributed by atoms with van der Waals surface area (Å²) < 4.78 is 20.1. The lowest BCUT2D eigenvalue weighted by Gasteiger charge is -2.31. The molecule has 1 fully saturated rings. The summed E-state index contributed by atoms with van der Waals surface area (Å²) in [5, 5.41) is 6.91. The third-order valence-corrected chi connectivity index (χ3v) is 5.91. The minimum Gasteiger partial charge on any atom is -0.497 e. The Morgan fingerprint density at radius 2 is 1.94 bits per heavy atom. The highest BCUT2D eigenvalue weighted by atomic mass is 35.5. The van der Waals surface area contributed by atoms with E-state index in [1.54, 1.807) is 16.6 Å². The maximum absolute atomic E-state index is 13.3. The predicted molar refractivity (Wildman–Crippen MR) is 114 cm³/mol. The van der Waals surface area contributed by atoms with Gasteiger partial charge in [-0.3, -0.25) is 9.36 Å². The van der Waals surface area contributed by atoms with Crippen LogP contribution in [0.5, 0.6) is 5.75 Å². The molecule has 0 bridgehead atoms. The molecule has 7 nitrogen and oxygen atoms in total. The number of aromatic nitrogens is 3. The largest absolute Gasteiger partial charge is 0.497 e. The van der Waals surface area contributed by atoms with Crippen LogP contribution in [0.3, 0.4) is 0 Å². The van der Waals surface area contributed by atoms with Crippen molar-refractivity contribution in [2.24, 2.45) is 0 Å². The van der Waals surface area contributed by atoms with Crippen molar-refractivity contribution in [3.63, 3.8) is 0 Å². The van der Waals surface area contributed by atoms with E-state index in [0.717, 1.165) is 17.4 Å². The van der Waals surface area contributed by atoms with Crippen LogP contribution in [0.25, 0.3) is 0 Å². The first-order valence-corrected chi connectivity index (χ1v) is 10.4. The molecule has 1 aromatic heterocycles. The second-order valence-electron chi connectivity index (χ2n) is 7.51. The van der Waals surface area contributed by atoms with Crippen LogP contribution >= 0.6 is 11.6 Å². The van der Waals surface area contributed by atoms with Crippen LogP contribution in [-0.2, 0) is 6.54 Å². The van der Waals surface area contributed by atoms with Crippen LogP contribution in [0.1, 0.15) is 40.5 Å². The van der Waals surface area contributed by atoms with Crippen LogP contribution in [-0.4, -0.2) is 45.8 Å². The van der Waals surface area contributed by atoms with Gasteiger partial charge in [-0.1, -0.05) is 23.7 Å². The fraction of sp³-hybridized carbons (Fsp3) is 0.318.